The molecule has 0 atom stereocenters. The fourth-order valence-corrected chi connectivity index (χ4v) is 1.71. The van der Waals surface area contributed by atoms with E-state index in [2.05, 4.69) is 0 Å². The van der Waals surface area contributed by atoms with Gasteiger partial charge in [0.05, 0.1) is 11.3 Å². The van der Waals surface area contributed by atoms with Crippen LogP contribution in [0.4, 0.5) is 0 Å². The number of halogens is 1. The summed E-state index contributed by atoms with van der Waals surface area (Å²) in [6.07, 6.45) is 1.56. The summed E-state index contributed by atoms with van der Waals surface area (Å²) >= 11 is 5.82. The fraction of sp³-hybridized carbons (Fsp3) is 0. The molecule has 0 aliphatic carbocycles. The lowest BCUT2D eigenvalue weighted by atomic mass is 10.2. The Morgan fingerprint density at radius 2 is 2.00 bits per heavy atom. The first kappa shape index (κ1) is 11.4. The molecule has 1 N–H and O–H groups in total. The van der Waals surface area contributed by atoms with Crippen LogP contribution in [0.25, 0.3) is 5.69 Å². The van der Waals surface area contributed by atoms with Crippen LogP contribution in [0.2, 0.25) is 5.02 Å². The Labute approximate surface area is 102 Å². The van der Waals surface area contributed by atoms with Gasteiger partial charge in [-0.15, -0.1) is 0 Å². The van der Waals surface area contributed by atoms with Crippen LogP contribution in [0.3, 0.4) is 0 Å². The molecule has 0 aliphatic heterocycles. The lowest BCUT2D eigenvalue weighted by Gasteiger charge is -2.06. The molecule has 1 aromatic carbocycles. The van der Waals surface area contributed by atoms with E-state index < -0.39 is 5.97 Å². The highest BCUT2D eigenvalue weighted by molar-refractivity contribution is 6.31. The maximum Gasteiger partial charge on any atom is 0.335 e. The van der Waals surface area contributed by atoms with Crippen molar-refractivity contribution in [3.63, 3.8) is 0 Å². The smallest absolute Gasteiger partial charge is 0.335 e. The first-order valence-corrected chi connectivity index (χ1v) is 5.17. The zero-order chi connectivity index (χ0) is 12.4. The summed E-state index contributed by atoms with van der Waals surface area (Å²) in [7, 11) is 0. The largest absolute Gasteiger partial charge is 0.478 e. The molecule has 2 rings (SSSR count). The molecular weight excluding hydrogens is 242 g/mol. The molecule has 0 bridgehead atoms. The Kier molecular flexibility index (Phi) is 2.97. The van der Waals surface area contributed by atoms with Gasteiger partial charge in [0.25, 0.3) is 5.56 Å². The molecule has 0 unspecified atom stereocenters. The molecule has 5 heteroatoms. The van der Waals surface area contributed by atoms with Crippen molar-refractivity contribution in [2.45, 2.75) is 0 Å². The molecule has 0 saturated heterocycles. The van der Waals surface area contributed by atoms with Gasteiger partial charge in [0.15, 0.2) is 0 Å². The topological polar surface area (TPSA) is 59.3 Å². The second kappa shape index (κ2) is 4.43. The van der Waals surface area contributed by atoms with Gasteiger partial charge in [-0.05, 0) is 24.3 Å². The Balaban J connectivity index is 2.64. The summed E-state index contributed by atoms with van der Waals surface area (Å²) in [5, 5.41) is 9.18. The predicted molar refractivity (Wildman–Crippen MR) is 64.0 cm³/mol. The molecular formula is C12H8ClNO3. The molecule has 4 nitrogen and oxygen atoms in total. The molecule has 1 aromatic heterocycles. The summed E-state index contributed by atoms with van der Waals surface area (Å²) in [6, 6.07) is 8.96. The number of carboxylic acids is 1. The summed E-state index contributed by atoms with van der Waals surface area (Å²) in [5.74, 6) is -1.09. The second-order valence-electron chi connectivity index (χ2n) is 3.41. The van der Waals surface area contributed by atoms with E-state index >= 15 is 0 Å². The van der Waals surface area contributed by atoms with E-state index in [0.29, 0.717) is 5.69 Å². The quantitative estimate of drug-likeness (QED) is 0.888. The van der Waals surface area contributed by atoms with Crippen molar-refractivity contribution in [2.75, 3.05) is 0 Å². The third-order valence-electron chi connectivity index (χ3n) is 2.23. The summed E-state index contributed by atoms with van der Waals surface area (Å²) in [6.45, 7) is 0. The van der Waals surface area contributed by atoms with Crippen LogP contribution in [-0.4, -0.2) is 15.6 Å². The molecule has 0 saturated carbocycles. The maximum absolute atomic E-state index is 11.6. The number of pyridine rings is 1. The van der Waals surface area contributed by atoms with E-state index in [9.17, 15) is 9.59 Å². The lowest BCUT2D eigenvalue weighted by molar-refractivity contribution is 0.0697. The van der Waals surface area contributed by atoms with Crippen LogP contribution < -0.4 is 5.56 Å². The zero-order valence-corrected chi connectivity index (χ0v) is 9.39. The van der Waals surface area contributed by atoms with Gasteiger partial charge in [0.1, 0.15) is 0 Å². The first-order chi connectivity index (χ1) is 8.08. The average Bonchev–Trinajstić information content (AvgIpc) is 2.28. The Morgan fingerprint density at radius 1 is 1.24 bits per heavy atom. The van der Waals surface area contributed by atoms with Crippen molar-refractivity contribution in [3.05, 3.63) is 63.5 Å². The SMILES string of the molecule is O=C(O)c1cc(Cl)cc(-n2ccccc2=O)c1. The number of benzene rings is 1. The van der Waals surface area contributed by atoms with Crippen LogP contribution in [-0.2, 0) is 0 Å². The second-order valence-corrected chi connectivity index (χ2v) is 3.85. The Bertz CT molecular complexity index is 634. The highest BCUT2D eigenvalue weighted by atomic mass is 35.5. The zero-order valence-electron chi connectivity index (χ0n) is 8.63. The monoisotopic (exact) mass is 249 g/mol. The number of carboxylic acid groups (broad SMARTS) is 1. The van der Waals surface area contributed by atoms with Gasteiger partial charge in [0, 0.05) is 17.3 Å². The standard InChI is InChI=1S/C12H8ClNO3/c13-9-5-8(12(16)17)6-10(7-9)14-4-2-1-3-11(14)15/h1-7H,(H,16,17). The van der Waals surface area contributed by atoms with Gasteiger partial charge >= 0.3 is 5.97 Å². The highest BCUT2D eigenvalue weighted by Gasteiger charge is 2.07. The lowest BCUT2D eigenvalue weighted by Crippen LogP contribution is -2.16. The first-order valence-electron chi connectivity index (χ1n) is 4.80. The van der Waals surface area contributed by atoms with Gasteiger partial charge in [-0.2, -0.15) is 0 Å². The average molecular weight is 250 g/mol. The molecule has 0 spiro atoms. The van der Waals surface area contributed by atoms with Crippen LogP contribution in [0.5, 0.6) is 0 Å². The van der Waals surface area contributed by atoms with E-state index in [1.807, 2.05) is 0 Å². The molecule has 0 aliphatic rings. The Morgan fingerprint density at radius 3 is 2.65 bits per heavy atom. The predicted octanol–water partition coefficient (Wildman–Crippen LogP) is 2.19. The van der Waals surface area contributed by atoms with Gasteiger partial charge in [-0.25, -0.2) is 4.79 Å². The maximum atomic E-state index is 11.6. The molecule has 0 radical (unpaired) electrons. The molecule has 2 aromatic rings. The molecule has 0 fully saturated rings. The van der Waals surface area contributed by atoms with Crippen molar-refractivity contribution in [3.8, 4) is 5.69 Å². The van der Waals surface area contributed by atoms with Crippen molar-refractivity contribution in [1.82, 2.24) is 4.57 Å². The van der Waals surface area contributed by atoms with E-state index in [-0.39, 0.29) is 16.1 Å². The molecule has 17 heavy (non-hydrogen) atoms. The van der Waals surface area contributed by atoms with Gasteiger partial charge in [0.2, 0.25) is 0 Å². The van der Waals surface area contributed by atoms with Crippen LogP contribution in [0, 0.1) is 0 Å². The van der Waals surface area contributed by atoms with Crippen LogP contribution >= 0.6 is 11.6 Å². The third kappa shape index (κ3) is 2.37. The van der Waals surface area contributed by atoms with Crippen LogP contribution in [0.15, 0.2) is 47.4 Å². The minimum Gasteiger partial charge on any atom is -0.478 e. The van der Waals surface area contributed by atoms with Crippen molar-refractivity contribution in [1.29, 1.82) is 0 Å². The summed E-state index contributed by atoms with van der Waals surface area (Å²) in [4.78, 5) is 22.5. The molecule has 1 heterocycles. The molecule has 0 amide bonds. The third-order valence-corrected chi connectivity index (χ3v) is 2.45. The number of aromatic nitrogens is 1. The van der Waals surface area contributed by atoms with Gasteiger partial charge in [-0.3, -0.25) is 9.36 Å². The van der Waals surface area contributed by atoms with Gasteiger partial charge < -0.3 is 5.11 Å². The summed E-state index contributed by atoms with van der Waals surface area (Å²) < 4.78 is 1.33. The normalized spacial score (nSPS) is 10.2. The van der Waals surface area contributed by atoms with Crippen molar-refractivity contribution in [2.24, 2.45) is 0 Å². The van der Waals surface area contributed by atoms with Gasteiger partial charge in [-0.1, -0.05) is 17.7 Å². The minimum atomic E-state index is -1.09. The van der Waals surface area contributed by atoms with Crippen LogP contribution in [0.1, 0.15) is 10.4 Å². The molecule has 86 valence electrons. The number of aromatic carboxylic acids is 1. The van der Waals surface area contributed by atoms with E-state index in [4.69, 9.17) is 16.7 Å². The highest BCUT2D eigenvalue weighted by Crippen LogP contribution is 2.17. The van der Waals surface area contributed by atoms with E-state index in [1.54, 1.807) is 18.3 Å². The number of carbonyl (C=O) groups is 1. The van der Waals surface area contributed by atoms with Crippen molar-refractivity contribution >= 4 is 17.6 Å². The van der Waals surface area contributed by atoms with E-state index in [0.717, 1.165) is 0 Å². The number of rotatable bonds is 2. The van der Waals surface area contributed by atoms with Crippen molar-refractivity contribution < 1.29 is 9.90 Å². The number of hydrogen-bond donors (Lipinski definition) is 1. The Hall–Kier alpha value is -2.07. The minimum absolute atomic E-state index is 0.0447. The summed E-state index contributed by atoms with van der Waals surface area (Å²) in [5.41, 5.74) is 0.231. The number of nitrogens with zero attached hydrogens (tertiary/aromatic N) is 1. The van der Waals surface area contributed by atoms with E-state index in [1.165, 1.54) is 28.8 Å². The fourth-order valence-electron chi connectivity index (χ4n) is 1.48. The number of hydrogen-bond acceptors (Lipinski definition) is 2.